The molecule has 2 rings (SSSR count). The first-order chi connectivity index (χ1) is 8.22. The fourth-order valence-electron chi connectivity index (χ4n) is 2.19. The Hall–Kier alpha value is -1.35. The first kappa shape index (κ1) is 12.1. The minimum atomic E-state index is 0.603. The number of nitrogens with zero attached hydrogens (tertiary/aromatic N) is 1. The second kappa shape index (κ2) is 5.32. The van der Waals surface area contributed by atoms with E-state index in [2.05, 4.69) is 36.4 Å². The summed E-state index contributed by atoms with van der Waals surface area (Å²) < 4.78 is 2.71. The topological polar surface area (TPSA) is 20.7 Å². The van der Waals surface area contributed by atoms with Crippen LogP contribution in [0.5, 0.6) is 0 Å². The maximum atomic E-state index is 5.28. The molecule has 0 radical (unpaired) electrons. The summed E-state index contributed by atoms with van der Waals surface area (Å²) in [6, 6.07) is 0. The largest absolute Gasteiger partial charge is 0.331 e. The normalized spacial score (nSPS) is 20.7. The third kappa shape index (κ3) is 2.67. The molecule has 90 valence electrons. The summed E-state index contributed by atoms with van der Waals surface area (Å²) >= 11 is 5.28. The summed E-state index contributed by atoms with van der Waals surface area (Å²) in [6.07, 6.45) is 12.1. The van der Waals surface area contributed by atoms with Crippen LogP contribution in [0.1, 0.15) is 19.3 Å². The summed E-state index contributed by atoms with van der Waals surface area (Å²) in [5, 5.41) is 2.03. The highest BCUT2D eigenvalue weighted by Crippen LogP contribution is 2.18. The highest BCUT2D eigenvalue weighted by Gasteiger charge is 2.07. The van der Waals surface area contributed by atoms with Gasteiger partial charge in [-0.3, -0.25) is 0 Å². The van der Waals surface area contributed by atoms with E-state index in [9.17, 15) is 0 Å². The van der Waals surface area contributed by atoms with Gasteiger partial charge < -0.3 is 9.55 Å². The quantitative estimate of drug-likeness (QED) is 0.641. The SMILES string of the molecule is C=CCn1c(=S)[nH]/c(=C\C2CC=CCC2)c1=C. The van der Waals surface area contributed by atoms with Crippen molar-refractivity contribution in [3.05, 3.63) is 40.3 Å². The van der Waals surface area contributed by atoms with Gasteiger partial charge in [-0.2, -0.15) is 0 Å². The summed E-state index contributed by atoms with van der Waals surface area (Å²) in [4.78, 5) is 3.23. The second-order valence-corrected chi connectivity index (χ2v) is 4.79. The Morgan fingerprint density at radius 3 is 3.00 bits per heavy atom. The number of allylic oxidation sites excluding steroid dienone is 3. The molecule has 1 heterocycles. The molecule has 0 saturated carbocycles. The average molecular weight is 246 g/mol. The molecular formula is C14H18N2S. The van der Waals surface area contributed by atoms with E-state index >= 15 is 0 Å². The number of aromatic amines is 1. The van der Waals surface area contributed by atoms with Crippen molar-refractivity contribution in [2.24, 2.45) is 5.92 Å². The van der Waals surface area contributed by atoms with Gasteiger partial charge in [0, 0.05) is 6.54 Å². The van der Waals surface area contributed by atoms with Crippen LogP contribution in [-0.2, 0) is 6.54 Å². The Balaban J connectivity index is 2.39. The first-order valence-electron chi connectivity index (χ1n) is 5.98. The van der Waals surface area contributed by atoms with Crippen molar-refractivity contribution < 1.29 is 0 Å². The van der Waals surface area contributed by atoms with Crippen molar-refractivity contribution in [1.29, 1.82) is 0 Å². The molecule has 1 aliphatic carbocycles. The Bertz CT molecular complexity index is 589. The van der Waals surface area contributed by atoms with Gasteiger partial charge in [-0.15, -0.1) is 6.58 Å². The third-order valence-electron chi connectivity index (χ3n) is 3.15. The van der Waals surface area contributed by atoms with Crippen LogP contribution in [0.3, 0.4) is 0 Å². The lowest BCUT2D eigenvalue weighted by Crippen LogP contribution is -2.29. The maximum absolute atomic E-state index is 5.28. The zero-order valence-electron chi connectivity index (χ0n) is 9.98. The molecule has 3 heteroatoms. The van der Waals surface area contributed by atoms with Gasteiger partial charge in [0.25, 0.3) is 0 Å². The van der Waals surface area contributed by atoms with Gasteiger partial charge in [0.05, 0.1) is 10.7 Å². The molecule has 1 atom stereocenters. The van der Waals surface area contributed by atoms with Gasteiger partial charge in [0.1, 0.15) is 0 Å². The number of hydrogen-bond donors (Lipinski definition) is 1. The molecule has 1 unspecified atom stereocenters. The molecule has 0 spiro atoms. The monoisotopic (exact) mass is 246 g/mol. The van der Waals surface area contributed by atoms with E-state index in [4.69, 9.17) is 12.2 Å². The van der Waals surface area contributed by atoms with Crippen molar-refractivity contribution in [3.8, 4) is 0 Å². The molecule has 1 aromatic heterocycles. The minimum Gasteiger partial charge on any atom is -0.331 e. The van der Waals surface area contributed by atoms with Crippen LogP contribution in [0.25, 0.3) is 12.7 Å². The molecule has 0 saturated heterocycles. The Labute approximate surface area is 107 Å². The van der Waals surface area contributed by atoms with Gasteiger partial charge in [-0.1, -0.05) is 30.9 Å². The van der Waals surface area contributed by atoms with Crippen LogP contribution in [0.2, 0.25) is 0 Å². The van der Waals surface area contributed by atoms with Crippen molar-refractivity contribution in [2.45, 2.75) is 25.8 Å². The van der Waals surface area contributed by atoms with Crippen LogP contribution < -0.4 is 10.7 Å². The molecule has 1 aliphatic rings. The smallest absolute Gasteiger partial charge is 0.178 e. The minimum absolute atomic E-state index is 0.603. The number of H-pyrrole nitrogens is 1. The van der Waals surface area contributed by atoms with Crippen LogP contribution in [0.15, 0.2) is 24.8 Å². The average Bonchev–Trinajstić information content (AvgIpc) is 2.59. The van der Waals surface area contributed by atoms with Gasteiger partial charge >= 0.3 is 0 Å². The van der Waals surface area contributed by atoms with Crippen LogP contribution >= 0.6 is 12.2 Å². The van der Waals surface area contributed by atoms with Crippen molar-refractivity contribution in [2.75, 3.05) is 0 Å². The fraction of sp³-hybridized carbons (Fsp3) is 0.357. The van der Waals surface area contributed by atoms with E-state index in [0.717, 1.165) is 21.9 Å². The molecule has 1 N–H and O–H groups in total. The molecule has 17 heavy (non-hydrogen) atoms. The van der Waals surface area contributed by atoms with Gasteiger partial charge in [-0.05, 0) is 37.4 Å². The lowest BCUT2D eigenvalue weighted by molar-refractivity contribution is 0.611. The summed E-state index contributed by atoms with van der Waals surface area (Å²) in [5.41, 5.74) is 0. The number of hydrogen-bond acceptors (Lipinski definition) is 1. The number of imidazole rings is 1. The standard InChI is InChI=1S/C14H18N2S/c1-3-9-16-11(2)13(15-14(16)17)10-12-7-5-4-6-8-12/h3-5,10,12H,1-2,6-9H2,(H,15,17)/b13-10-. The predicted octanol–water partition coefficient (Wildman–Crippen LogP) is 2.28. The molecule has 1 aromatic rings. The number of aromatic nitrogens is 2. The lowest BCUT2D eigenvalue weighted by atomic mass is 9.94. The molecular weight excluding hydrogens is 228 g/mol. The summed E-state index contributed by atoms with van der Waals surface area (Å²) in [6.45, 7) is 8.54. The van der Waals surface area contributed by atoms with E-state index in [1.54, 1.807) is 0 Å². The number of nitrogens with one attached hydrogen (secondary N) is 1. The van der Waals surface area contributed by atoms with Crippen LogP contribution in [0.4, 0.5) is 0 Å². The van der Waals surface area contributed by atoms with Gasteiger partial charge in [-0.25, -0.2) is 0 Å². The molecule has 0 aliphatic heterocycles. The van der Waals surface area contributed by atoms with E-state index in [1.807, 2.05) is 10.6 Å². The Morgan fingerprint density at radius 1 is 1.53 bits per heavy atom. The predicted molar refractivity (Wildman–Crippen MR) is 75.5 cm³/mol. The molecule has 0 fully saturated rings. The van der Waals surface area contributed by atoms with Crippen molar-refractivity contribution >= 4 is 24.9 Å². The highest BCUT2D eigenvalue weighted by atomic mass is 32.1. The summed E-state index contributed by atoms with van der Waals surface area (Å²) in [5.74, 6) is 0.603. The van der Waals surface area contributed by atoms with E-state index < -0.39 is 0 Å². The van der Waals surface area contributed by atoms with Gasteiger partial charge in [0.15, 0.2) is 4.77 Å². The number of rotatable bonds is 3. The van der Waals surface area contributed by atoms with Crippen molar-refractivity contribution in [1.82, 2.24) is 9.55 Å². The highest BCUT2D eigenvalue weighted by molar-refractivity contribution is 7.71. The van der Waals surface area contributed by atoms with E-state index in [-0.39, 0.29) is 0 Å². The Kier molecular flexibility index (Phi) is 3.79. The van der Waals surface area contributed by atoms with Crippen LogP contribution in [-0.4, -0.2) is 9.55 Å². The summed E-state index contributed by atoms with van der Waals surface area (Å²) in [7, 11) is 0. The molecule has 0 amide bonds. The van der Waals surface area contributed by atoms with Crippen LogP contribution in [0, 0.1) is 10.7 Å². The van der Waals surface area contributed by atoms with E-state index in [1.165, 1.54) is 12.8 Å². The van der Waals surface area contributed by atoms with Crippen molar-refractivity contribution in [3.63, 3.8) is 0 Å². The first-order valence-corrected chi connectivity index (χ1v) is 6.38. The fourth-order valence-corrected chi connectivity index (χ4v) is 2.48. The molecule has 0 bridgehead atoms. The third-order valence-corrected chi connectivity index (χ3v) is 3.47. The zero-order valence-corrected chi connectivity index (χ0v) is 10.8. The zero-order chi connectivity index (χ0) is 12.3. The van der Waals surface area contributed by atoms with E-state index in [0.29, 0.717) is 12.5 Å². The maximum Gasteiger partial charge on any atom is 0.178 e. The van der Waals surface area contributed by atoms with Gasteiger partial charge in [0.2, 0.25) is 0 Å². The molecule has 0 aromatic carbocycles. The molecule has 2 nitrogen and oxygen atoms in total. The Morgan fingerprint density at radius 2 is 2.35 bits per heavy atom. The lowest BCUT2D eigenvalue weighted by Gasteiger charge is -2.12. The second-order valence-electron chi connectivity index (χ2n) is 4.40.